The van der Waals surface area contributed by atoms with Crippen LogP contribution in [0.4, 0.5) is 57.9 Å². The van der Waals surface area contributed by atoms with Crippen molar-refractivity contribution in [1.29, 1.82) is 0 Å². The van der Waals surface area contributed by atoms with E-state index in [-0.39, 0.29) is 40.4 Å². The van der Waals surface area contributed by atoms with Crippen LogP contribution in [0.1, 0.15) is 53.4 Å². The van der Waals surface area contributed by atoms with Crippen molar-refractivity contribution in [1.82, 2.24) is 39.9 Å². The lowest BCUT2D eigenvalue weighted by Gasteiger charge is -2.17. The van der Waals surface area contributed by atoms with Crippen molar-refractivity contribution >= 4 is 100 Å². The molecule has 0 radical (unpaired) electrons. The fourth-order valence-electron chi connectivity index (χ4n) is 6.26. The highest BCUT2D eigenvalue weighted by molar-refractivity contribution is 7.92. The molecular formula is C48H57N18O10PS. The molecule has 0 unspecified atom stereocenters. The molecule has 10 N–H and O–H groups in total. The number of nitrogens with one attached hydrogen (secondary N) is 4. The maximum atomic E-state index is 12.6. The number of nitrogen functional groups attached to an aromatic ring is 3. The number of benzene rings is 3. The summed E-state index contributed by atoms with van der Waals surface area (Å²) in [6, 6.07) is 21.8. The average Bonchev–Trinajstić information content (AvgIpc) is 3.42. The van der Waals surface area contributed by atoms with E-state index < -0.39 is 17.6 Å². The van der Waals surface area contributed by atoms with Crippen LogP contribution >= 0.6 is 7.60 Å². The van der Waals surface area contributed by atoms with E-state index in [0.29, 0.717) is 70.9 Å². The van der Waals surface area contributed by atoms with E-state index in [2.05, 4.69) is 90.5 Å². The van der Waals surface area contributed by atoms with Crippen LogP contribution in [0.2, 0.25) is 0 Å². The van der Waals surface area contributed by atoms with Crippen molar-refractivity contribution in [2.24, 2.45) is 15.5 Å². The predicted molar refractivity (Wildman–Crippen MR) is 296 cm³/mol. The van der Waals surface area contributed by atoms with Crippen molar-refractivity contribution in [2.45, 2.75) is 31.8 Å². The molecule has 78 heavy (non-hydrogen) atoms. The van der Waals surface area contributed by atoms with Gasteiger partial charge >= 0.3 is 13.6 Å². The second-order valence-electron chi connectivity index (χ2n) is 15.0. The fourth-order valence-corrected chi connectivity index (χ4v) is 8.92. The van der Waals surface area contributed by atoms with Gasteiger partial charge in [0.2, 0.25) is 5.95 Å². The molecule has 0 atom stereocenters. The van der Waals surface area contributed by atoms with Crippen molar-refractivity contribution in [3.63, 3.8) is 0 Å². The van der Waals surface area contributed by atoms with Crippen LogP contribution in [-0.2, 0) is 49.0 Å². The third-order valence-corrected chi connectivity index (χ3v) is 13.1. The molecule has 0 saturated carbocycles. The first-order chi connectivity index (χ1) is 37.7. The van der Waals surface area contributed by atoms with Gasteiger partial charge in [-0.15, -0.1) is 0 Å². The summed E-state index contributed by atoms with van der Waals surface area (Å²) >= 11 is 0. The summed E-state index contributed by atoms with van der Waals surface area (Å²) in [5.41, 5.74) is 22.2. The van der Waals surface area contributed by atoms with Crippen LogP contribution in [0.25, 0.3) is 0 Å². The second-order valence-corrected chi connectivity index (χ2v) is 18.7. The van der Waals surface area contributed by atoms with Crippen LogP contribution in [0.3, 0.4) is 0 Å². The summed E-state index contributed by atoms with van der Waals surface area (Å²) < 4.78 is 55.4. The Labute approximate surface area is 448 Å². The summed E-state index contributed by atoms with van der Waals surface area (Å²) in [5, 5.41) is 20.3. The minimum atomic E-state index is -3.82. The lowest BCUT2D eigenvalue weighted by molar-refractivity contribution is 0.0526. The highest BCUT2D eigenvalue weighted by Gasteiger charge is 2.24. The molecule has 410 valence electrons. The molecule has 0 aliphatic heterocycles. The molecule has 0 saturated heterocycles. The Morgan fingerprint density at radius 3 is 1.47 bits per heavy atom. The molecule has 0 fully saturated rings. The van der Waals surface area contributed by atoms with Gasteiger partial charge in [-0.1, -0.05) is 33.7 Å². The van der Waals surface area contributed by atoms with E-state index in [9.17, 15) is 17.8 Å². The van der Waals surface area contributed by atoms with Gasteiger partial charge in [0.1, 0.15) is 75.2 Å². The third kappa shape index (κ3) is 18.1. The van der Waals surface area contributed by atoms with Gasteiger partial charge in [-0.25, -0.2) is 57.8 Å². The lowest BCUT2D eigenvalue weighted by atomic mass is 10.2. The molecule has 0 bridgehead atoms. The summed E-state index contributed by atoms with van der Waals surface area (Å²) in [5.74, 6) is 1.67. The molecule has 0 amide bonds. The normalized spacial score (nSPS) is 11.2. The molecule has 30 heteroatoms. The van der Waals surface area contributed by atoms with Gasteiger partial charge in [-0.2, -0.15) is 0 Å². The Kier molecular flexibility index (Phi) is 23.0. The fraction of sp³-hybridized carbons (Fsp3) is 0.208. The largest absolute Gasteiger partial charge is 0.462 e. The van der Waals surface area contributed by atoms with E-state index in [1.165, 1.54) is 83.5 Å². The van der Waals surface area contributed by atoms with Crippen LogP contribution in [0.5, 0.6) is 0 Å². The minimum Gasteiger partial charge on any atom is -0.462 e. The van der Waals surface area contributed by atoms with E-state index in [1.807, 2.05) is 24.3 Å². The number of hydrogen-bond acceptors (Lipinski definition) is 27. The van der Waals surface area contributed by atoms with Gasteiger partial charge in [0.15, 0.2) is 0 Å². The standard InChI is InChI=1S/C17H24N5O4P.C16H16N8O3S.C15H17N5O3/c1-4-25-27(23,26-5-2)11-13-6-8-14(9-7-13)22-17-15(10-21-24-3)16(18)19-12-20-17;1-27-22-9-13-14(17)20-10-21-15(13)23-11-3-5-12(6-4-11)28(25,26)24-16-18-7-2-8-19-16;1-3-23-15(21)10-5-4-6-11(7-10)20-14-12(8-19-22-2)13(16)17-9-18-14/h6-10,12H,4-5,11H2,1-3H3,(H3,18,19,20,22);2-10H,1H3,(H,18,19,24)(H3,17,20,21,23);4-9H,3H2,1-2H3,(H3,16,17,18,20)/b21-10+;22-9+;19-8+. The van der Waals surface area contributed by atoms with Crippen molar-refractivity contribution < 1.29 is 46.1 Å². The number of aromatic nitrogens is 8. The lowest BCUT2D eigenvalue weighted by Crippen LogP contribution is -2.14. The number of anilines is 10. The van der Waals surface area contributed by atoms with Crippen molar-refractivity contribution in [3.05, 3.63) is 138 Å². The molecule has 4 heterocycles. The van der Waals surface area contributed by atoms with Gasteiger partial charge in [-0.3, -0.25) is 4.57 Å². The summed E-state index contributed by atoms with van der Waals surface area (Å²) in [6.45, 7) is 6.31. The zero-order valence-electron chi connectivity index (χ0n) is 43.0. The number of oxime groups is 3. The first-order valence-corrected chi connectivity index (χ1v) is 26.3. The van der Waals surface area contributed by atoms with Crippen molar-refractivity contribution in [3.8, 4) is 0 Å². The number of rotatable bonds is 23. The number of esters is 1. The SMILES string of the molecule is CCOC(=O)c1cccc(Nc2ncnc(N)c2/C=N/OC)c1.CCOP(=O)(Cc1ccc(Nc2ncnc(N)c2/C=N/OC)cc1)OCC.CO/N=C/c1c(N)ncnc1Nc1ccc(S(=O)(=O)Nc2ncccn2)cc1. The molecular weight excluding hydrogens is 1050 g/mol. The van der Waals surface area contributed by atoms with E-state index >= 15 is 0 Å². The van der Waals surface area contributed by atoms with Crippen molar-refractivity contribution in [2.75, 3.05) is 79.0 Å². The molecule has 28 nitrogen and oxygen atoms in total. The Bertz CT molecular complexity index is 3280. The molecule has 0 aliphatic rings. The monoisotopic (exact) mass is 1110 g/mol. The van der Waals surface area contributed by atoms with E-state index in [1.54, 1.807) is 63.2 Å². The first-order valence-electron chi connectivity index (χ1n) is 23.1. The van der Waals surface area contributed by atoms with Crippen LogP contribution < -0.4 is 37.9 Å². The van der Waals surface area contributed by atoms with E-state index in [4.69, 9.17) is 31.0 Å². The smallest absolute Gasteiger partial charge is 0.338 e. The molecule has 0 spiro atoms. The molecule has 3 aromatic carbocycles. The number of nitrogens with zero attached hydrogens (tertiary/aromatic N) is 11. The maximum absolute atomic E-state index is 12.6. The van der Waals surface area contributed by atoms with Gasteiger partial charge in [0.05, 0.1) is 71.8 Å². The second kappa shape index (κ2) is 30.2. The van der Waals surface area contributed by atoms with Crippen LogP contribution in [-0.4, -0.2) is 114 Å². The Morgan fingerprint density at radius 1 is 0.590 bits per heavy atom. The highest BCUT2D eigenvalue weighted by Crippen LogP contribution is 2.51. The molecule has 7 aromatic rings. The number of sulfonamides is 1. The zero-order valence-corrected chi connectivity index (χ0v) is 44.8. The quantitative estimate of drug-likeness (QED) is 0.0148. The number of ether oxygens (including phenoxy) is 1. The Hall–Kier alpha value is -9.44. The van der Waals surface area contributed by atoms with Crippen LogP contribution in [0, 0.1) is 0 Å². The Balaban J connectivity index is 0.000000217. The van der Waals surface area contributed by atoms with Gasteiger partial charge in [-0.05, 0) is 87.0 Å². The molecule has 0 aliphatic carbocycles. The number of hydrogen-bond donors (Lipinski definition) is 7. The van der Waals surface area contributed by atoms with Gasteiger partial charge < -0.3 is 61.4 Å². The molecule has 7 rings (SSSR count). The number of carbonyl (C=O) groups excluding carboxylic acids is 1. The maximum Gasteiger partial charge on any atom is 0.338 e. The minimum absolute atomic E-state index is 0.0109. The zero-order chi connectivity index (χ0) is 56.3. The number of carbonyl (C=O) groups is 1. The average molecular weight is 1110 g/mol. The molecule has 4 aromatic heterocycles. The highest BCUT2D eigenvalue weighted by atomic mass is 32.2. The van der Waals surface area contributed by atoms with Gasteiger partial charge in [0, 0.05) is 29.5 Å². The predicted octanol–water partition coefficient (Wildman–Crippen LogP) is 6.88. The Morgan fingerprint density at radius 2 is 1.04 bits per heavy atom. The van der Waals surface area contributed by atoms with Gasteiger partial charge in [0.25, 0.3) is 10.0 Å². The number of nitrogens with two attached hydrogens (primary N) is 3. The van der Waals surface area contributed by atoms with E-state index in [0.717, 1.165) is 11.3 Å². The summed E-state index contributed by atoms with van der Waals surface area (Å²) in [7, 11) is -2.70. The summed E-state index contributed by atoms with van der Waals surface area (Å²) in [4.78, 5) is 57.7. The third-order valence-electron chi connectivity index (χ3n) is 9.71. The first kappa shape index (κ1) is 59.4. The summed E-state index contributed by atoms with van der Waals surface area (Å²) in [6.07, 6.45) is 11.3. The topological polar surface area (TPSA) is 390 Å². The van der Waals surface area contributed by atoms with Crippen LogP contribution in [0.15, 0.2) is 131 Å².